The van der Waals surface area contributed by atoms with Gasteiger partial charge in [-0.05, 0) is 45.2 Å². The summed E-state index contributed by atoms with van der Waals surface area (Å²) < 4.78 is 9.84. The van der Waals surface area contributed by atoms with Crippen molar-refractivity contribution in [2.75, 3.05) is 20.3 Å². The van der Waals surface area contributed by atoms with Gasteiger partial charge in [0.05, 0.1) is 12.0 Å². The third-order valence-electron chi connectivity index (χ3n) is 4.87. The van der Waals surface area contributed by atoms with Crippen LogP contribution in [0.5, 0.6) is 5.75 Å². The minimum absolute atomic E-state index is 0.00246. The minimum atomic E-state index is -0.771. The maximum atomic E-state index is 12.3. The summed E-state index contributed by atoms with van der Waals surface area (Å²) in [6, 6.07) is 3.88. The number of nitro groups is 1. The molecular weight excluding hydrogens is 382 g/mol. The smallest absolute Gasteiger partial charge is 0.325 e. The number of ether oxygens (including phenoxy) is 2. The maximum absolute atomic E-state index is 12.3. The lowest BCUT2D eigenvalue weighted by Gasteiger charge is -2.38. The van der Waals surface area contributed by atoms with E-state index in [0.29, 0.717) is 0 Å². The molecule has 29 heavy (non-hydrogen) atoms. The number of methoxy groups -OCH3 is 1. The molecule has 1 aliphatic rings. The van der Waals surface area contributed by atoms with E-state index in [9.17, 15) is 24.5 Å². The van der Waals surface area contributed by atoms with Crippen molar-refractivity contribution in [3.8, 4) is 5.75 Å². The average molecular weight is 407 g/mol. The standard InChI is InChI=1S/C19H25N3O7/c1-12-5-4-6-13(2)21(12)17(23)11-29-18(24)10-20-19(25)14-7-8-16(28-3)15(9-14)22(26)27/h7-9,12-13H,4-6,10-11H2,1-3H3,(H,20,25)/t12-,13-/m0/s1. The Kier molecular flexibility index (Phi) is 7.52. The fourth-order valence-electron chi connectivity index (χ4n) is 3.41. The van der Waals surface area contributed by atoms with E-state index in [2.05, 4.69) is 5.32 Å². The molecule has 0 aliphatic carbocycles. The summed E-state index contributed by atoms with van der Waals surface area (Å²) in [4.78, 5) is 48.4. The van der Waals surface area contributed by atoms with Crippen LogP contribution < -0.4 is 10.1 Å². The lowest BCUT2D eigenvalue weighted by Crippen LogP contribution is -2.49. The molecule has 1 aromatic rings. The highest BCUT2D eigenvalue weighted by Gasteiger charge is 2.29. The molecule has 2 rings (SSSR count). The van der Waals surface area contributed by atoms with E-state index in [0.717, 1.165) is 25.3 Å². The van der Waals surface area contributed by atoms with E-state index in [-0.39, 0.29) is 35.0 Å². The van der Waals surface area contributed by atoms with E-state index in [1.54, 1.807) is 4.90 Å². The number of rotatable bonds is 7. The van der Waals surface area contributed by atoms with E-state index >= 15 is 0 Å². The van der Waals surface area contributed by atoms with E-state index in [1.807, 2.05) is 13.8 Å². The van der Waals surface area contributed by atoms with Gasteiger partial charge in [-0.2, -0.15) is 0 Å². The van der Waals surface area contributed by atoms with Gasteiger partial charge in [-0.1, -0.05) is 0 Å². The SMILES string of the molecule is COc1ccc(C(=O)NCC(=O)OCC(=O)N2[C@@H](C)CCC[C@@H]2C)cc1[N+](=O)[O-]. The second-order valence-electron chi connectivity index (χ2n) is 6.92. The minimum Gasteiger partial charge on any atom is -0.490 e. The molecule has 10 heteroatoms. The largest absolute Gasteiger partial charge is 0.490 e. The molecule has 2 atom stereocenters. The molecule has 2 amide bonds. The lowest BCUT2D eigenvalue weighted by atomic mass is 9.97. The number of piperidine rings is 1. The van der Waals surface area contributed by atoms with Crippen LogP contribution in [0.4, 0.5) is 5.69 Å². The first-order valence-corrected chi connectivity index (χ1v) is 9.32. The molecule has 1 heterocycles. The van der Waals surface area contributed by atoms with Gasteiger partial charge in [-0.3, -0.25) is 24.5 Å². The van der Waals surface area contributed by atoms with Crippen molar-refractivity contribution in [3.63, 3.8) is 0 Å². The van der Waals surface area contributed by atoms with E-state index in [4.69, 9.17) is 9.47 Å². The highest BCUT2D eigenvalue weighted by Crippen LogP contribution is 2.27. The molecule has 1 aromatic carbocycles. The third kappa shape index (κ3) is 5.66. The molecule has 1 N–H and O–H groups in total. The predicted octanol–water partition coefficient (Wildman–Crippen LogP) is 1.67. The molecule has 1 aliphatic heterocycles. The van der Waals surface area contributed by atoms with Gasteiger partial charge in [-0.15, -0.1) is 0 Å². The highest BCUT2D eigenvalue weighted by molar-refractivity contribution is 5.97. The Balaban J connectivity index is 1.86. The first-order chi connectivity index (χ1) is 13.7. The average Bonchev–Trinajstić information content (AvgIpc) is 2.69. The van der Waals surface area contributed by atoms with Crippen molar-refractivity contribution in [3.05, 3.63) is 33.9 Å². The van der Waals surface area contributed by atoms with Crippen LogP contribution in [0.3, 0.4) is 0 Å². The molecular formula is C19H25N3O7. The topological polar surface area (TPSA) is 128 Å². The first kappa shape index (κ1) is 22.1. The Bertz CT molecular complexity index is 786. The quantitative estimate of drug-likeness (QED) is 0.413. The van der Waals surface area contributed by atoms with Gasteiger partial charge in [-0.25, -0.2) is 0 Å². The Morgan fingerprint density at radius 1 is 1.24 bits per heavy atom. The van der Waals surface area contributed by atoms with Crippen LogP contribution >= 0.6 is 0 Å². The number of nitro benzene ring substituents is 1. The molecule has 0 bridgehead atoms. The van der Waals surface area contributed by atoms with Crippen molar-refractivity contribution < 1.29 is 28.8 Å². The third-order valence-corrected chi connectivity index (χ3v) is 4.87. The Labute approximate surface area is 168 Å². The monoisotopic (exact) mass is 407 g/mol. The molecule has 10 nitrogen and oxygen atoms in total. The first-order valence-electron chi connectivity index (χ1n) is 9.32. The van der Waals surface area contributed by atoms with Crippen molar-refractivity contribution in [1.29, 1.82) is 0 Å². The van der Waals surface area contributed by atoms with Gasteiger partial charge >= 0.3 is 11.7 Å². The van der Waals surface area contributed by atoms with Gasteiger partial charge in [0.25, 0.3) is 11.8 Å². The number of carbonyl (C=O) groups is 3. The summed E-state index contributed by atoms with van der Waals surface area (Å²) in [6.07, 6.45) is 2.88. The van der Waals surface area contributed by atoms with Crippen molar-refractivity contribution >= 4 is 23.5 Å². The highest BCUT2D eigenvalue weighted by atomic mass is 16.6. The summed E-state index contributed by atoms with van der Waals surface area (Å²) in [5, 5.41) is 13.4. The number of benzene rings is 1. The number of carbonyl (C=O) groups excluding carboxylic acids is 3. The number of esters is 1. The molecule has 0 unspecified atom stereocenters. The van der Waals surface area contributed by atoms with Crippen LogP contribution in [0.1, 0.15) is 43.5 Å². The molecule has 0 radical (unpaired) electrons. The fraction of sp³-hybridized carbons (Fsp3) is 0.526. The molecule has 158 valence electrons. The molecule has 0 aromatic heterocycles. The summed E-state index contributed by atoms with van der Waals surface area (Å²) in [5.41, 5.74) is -0.365. The normalized spacial score (nSPS) is 18.7. The number of hydrogen-bond acceptors (Lipinski definition) is 7. The number of nitrogens with one attached hydrogen (secondary N) is 1. The van der Waals surface area contributed by atoms with Crippen molar-refractivity contribution in [2.24, 2.45) is 0 Å². The van der Waals surface area contributed by atoms with Gasteiger partial charge in [0.15, 0.2) is 12.4 Å². The zero-order valence-electron chi connectivity index (χ0n) is 16.7. The van der Waals surface area contributed by atoms with Crippen LogP contribution in [0.25, 0.3) is 0 Å². The molecule has 0 saturated carbocycles. The van der Waals surface area contributed by atoms with Crippen LogP contribution in [-0.4, -0.2) is 60.0 Å². The number of nitrogens with zero attached hydrogens (tertiary/aromatic N) is 2. The number of likely N-dealkylation sites (tertiary alicyclic amines) is 1. The Morgan fingerprint density at radius 2 is 1.90 bits per heavy atom. The maximum Gasteiger partial charge on any atom is 0.325 e. The summed E-state index contributed by atoms with van der Waals surface area (Å²) in [7, 11) is 1.28. The zero-order valence-corrected chi connectivity index (χ0v) is 16.7. The number of amides is 2. The predicted molar refractivity (Wildman–Crippen MR) is 103 cm³/mol. The molecule has 1 saturated heterocycles. The summed E-state index contributed by atoms with van der Waals surface area (Å²) in [6.45, 7) is 3.07. The van der Waals surface area contributed by atoms with E-state index < -0.39 is 30.0 Å². The number of hydrogen-bond donors (Lipinski definition) is 1. The molecule has 1 fully saturated rings. The Morgan fingerprint density at radius 3 is 2.48 bits per heavy atom. The second kappa shape index (κ2) is 9.85. The second-order valence-corrected chi connectivity index (χ2v) is 6.92. The van der Waals surface area contributed by atoms with Gasteiger partial charge in [0, 0.05) is 23.7 Å². The fourth-order valence-corrected chi connectivity index (χ4v) is 3.41. The van der Waals surface area contributed by atoms with Crippen LogP contribution in [0, 0.1) is 10.1 Å². The van der Waals surface area contributed by atoms with Gasteiger partial charge in [0.1, 0.15) is 6.54 Å². The van der Waals surface area contributed by atoms with Gasteiger partial charge in [0.2, 0.25) is 0 Å². The molecule has 0 spiro atoms. The van der Waals surface area contributed by atoms with Crippen LogP contribution in [0.15, 0.2) is 18.2 Å². The zero-order chi connectivity index (χ0) is 21.6. The van der Waals surface area contributed by atoms with E-state index in [1.165, 1.54) is 19.2 Å². The van der Waals surface area contributed by atoms with Crippen LogP contribution in [0.2, 0.25) is 0 Å². The van der Waals surface area contributed by atoms with Crippen molar-refractivity contribution in [1.82, 2.24) is 10.2 Å². The Hall–Kier alpha value is -3.17. The van der Waals surface area contributed by atoms with Crippen LogP contribution in [-0.2, 0) is 14.3 Å². The lowest BCUT2D eigenvalue weighted by molar-refractivity contribution is -0.385. The van der Waals surface area contributed by atoms with Crippen molar-refractivity contribution in [2.45, 2.75) is 45.2 Å². The summed E-state index contributed by atoms with van der Waals surface area (Å²) in [5.74, 6) is -1.70. The van der Waals surface area contributed by atoms with Gasteiger partial charge < -0.3 is 19.7 Å². The summed E-state index contributed by atoms with van der Waals surface area (Å²) >= 11 is 0.